The number of nitrogens with zero attached hydrogens (tertiary/aromatic N) is 2. The maximum Gasteiger partial charge on any atom is 2.00 e. The van der Waals surface area contributed by atoms with Crippen molar-refractivity contribution in [2.45, 2.75) is 0 Å². The zero-order chi connectivity index (χ0) is 29.1. The van der Waals surface area contributed by atoms with Gasteiger partial charge in [-0.1, -0.05) is 82.8 Å². The molecule has 0 radical (unpaired) electrons. The van der Waals surface area contributed by atoms with Crippen molar-refractivity contribution in [3.8, 4) is 11.5 Å². The van der Waals surface area contributed by atoms with Gasteiger partial charge in [0.05, 0.1) is 23.6 Å². The zero-order valence-electron chi connectivity index (χ0n) is 20.8. The average molecular weight is 676 g/mol. The van der Waals surface area contributed by atoms with Crippen LogP contribution in [0.25, 0.3) is 0 Å². The fourth-order valence-electron chi connectivity index (χ4n) is 3.02. The van der Waals surface area contributed by atoms with Crippen LogP contribution in [0.3, 0.4) is 0 Å². The number of hydrazone groups is 2. The van der Waals surface area contributed by atoms with Crippen molar-refractivity contribution >= 4 is 70.6 Å². The van der Waals surface area contributed by atoms with Crippen LogP contribution in [0.4, 0.5) is 0 Å². The molecule has 13 heteroatoms. The predicted molar refractivity (Wildman–Crippen MR) is 162 cm³/mol. The molecule has 0 aromatic heterocycles. The summed E-state index contributed by atoms with van der Waals surface area (Å²) in [6.45, 7) is 0. The second-order valence-electron chi connectivity index (χ2n) is 7.83. The smallest absolute Gasteiger partial charge is 0.592 e. The monoisotopic (exact) mass is 674 g/mol. The first-order chi connectivity index (χ1) is 19.2. The van der Waals surface area contributed by atoms with E-state index in [1.54, 1.807) is 60.7 Å². The van der Waals surface area contributed by atoms with Gasteiger partial charge in [-0.05, 0) is 48.5 Å². The van der Waals surface area contributed by atoms with E-state index < -0.39 is 0 Å². The number of rotatable bonds is 6. The van der Waals surface area contributed by atoms with Crippen LogP contribution in [-0.4, -0.2) is 34.5 Å². The molecule has 4 aromatic carbocycles. The van der Waals surface area contributed by atoms with Gasteiger partial charge < -0.3 is 10.2 Å². The summed E-state index contributed by atoms with van der Waals surface area (Å²) in [5.74, 6) is -0.453. The molecule has 0 atom stereocenters. The van der Waals surface area contributed by atoms with E-state index >= 15 is 0 Å². The molecule has 0 spiro atoms. The molecule has 0 aliphatic rings. The Morgan fingerprint density at radius 2 is 0.951 bits per heavy atom. The summed E-state index contributed by atoms with van der Waals surface area (Å²) in [6.07, 6.45) is 2.67. The topological polar surface area (TPSA) is 129 Å². The van der Waals surface area contributed by atoms with Gasteiger partial charge in [0.2, 0.25) is 0 Å². The number of carbonyl (C=O) groups is 2. The normalized spacial score (nSPS) is 10.4. The fraction of sp³-hybridized carbons (Fsp3) is 0. The molecule has 41 heavy (non-hydrogen) atoms. The van der Waals surface area contributed by atoms with Crippen molar-refractivity contribution in [1.82, 2.24) is 10.9 Å². The second-order valence-corrected chi connectivity index (χ2v) is 9.52. The van der Waals surface area contributed by atoms with Crippen molar-refractivity contribution in [2.24, 2.45) is 10.2 Å². The van der Waals surface area contributed by atoms with Crippen LogP contribution < -0.4 is 10.9 Å². The van der Waals surface area contributed by atoms with Gasteiger partial charge in [0.25, 0.3) is 23.3 Å². The van der Waals surface area contributed by atoms with Crippen molar-refractivity contribution < 1.29 is 36.9 Å². The quantitative estimate of drug-likeness (QED) is 0.106. The molecule has 0 bridgehead atoms. The molecule has 0 aliphatic carbocycles. The van der Waals surface area contributed by atoms with E-state index in [2.05, 4.69) is 21.1 Å². The number of halogens is 4. The Balaban J connectivity index is 0.000000280. The number of nitrogens with one attached hydrogen (secondary N) is 2. The maximum absolute atomic E-state index is 11.7. The molecule has 2 amide bonds. The molecule has 0 saturated heterocycles. The number of hydrogen-bond acceptors (Lipinski definition) is 4. The molecule has 0 fully saturated rings. The minimum Gasteiger partial charge on any atom is -0.592 e. The van der Waals surface area contributed by atoms with Gasteiger partial charge in [-0.2, -0.15) is 10.2 Å². The number of hydrogen-bond donors (Lipinski definition) is 2. The summed E-state index contributed by atoms with van der Waals surface area (Å²) in [5.41, 5.74) is 6.60. The van der Waals surface area contributed by atoms with Crippen LogP contribution in [0.15, 0.2) is 95.1 Å². The van der Waals surface area contributed by atoms with E-state index in [4.69, 9.17) is 56.6 Å². The van der Waals surface area contributed by atoms with Gasteiger partial charge in [0.1, 0.15) is 10.0 Å². The van der Waals surface area contributed by atoms with Gasteiger partial charge >= 0.3 is 17.1 Å². The fourth-order valence-corrected chi connectivity index (χ4v) is 4.04. The first-order valence-electron chi connectivity index (χ1n) is 11.3. The zero-order valence-corrected chi connectivity index (χ0v) is 24.9. The van der Waals surface area contributed by atoms with Gasteiger partial charge in [0, 0.05) is 21.2 Å². The SMILES string of the molecule is O=C(NN=Cc1cc(Cl)cc(Cl)c1[OH2+])c1ccccc1.O=C(NN=Cc1cc(Cl)cc(Cl)c1[OH2+])c1ccccc1.[Fe+2]. The van der Waals surface area contributed by atoms with Gasteiger partial charge in [0.15, 0.2) is 0 Å². The van der Waals surface area contributed by atoms with Crippen LogP contribution in [0.5, 0.6) is 11.5 Å². The van der Waals surface area contributed by atoms with Gasteiger partial charge in [-0.15, -0.1) is 0 Å². The van der Waals surface area contributed by atoms with Gasteiger partial charge in [-0.25, -0.2) is 10.9 Å². The summed E-state index contributed by atoms with van der Waals surface area (Å²) in [5, 5.41) is 24.4. The molecule has 210 valence electrons. The van der Waals surface area contributed by atoms with Gasteiger partial charge in [-0.3, -0.25) is 9.59 Å². The standard InChI is InChI=1S/2C14H10Cl2N2O2.Fe/c2*15-11-6-10(13(19)12(16)7-11)8-17-18-14(20)9-4-2-1-3-5-9;/h2*1-8,19H,(H,18,20);/q;;+2/p+2. The molecule has 0 saturated carbocycles. The minimum atomic E-state index is -0.332. The molecule has 0 aliphatic heterocycles. The van der Waals surface area contributed by atoms with Crippen LogP contribution in [0.2, 0.25) is 20.1 Å². The Morgan fingerprint density at radius 3 is 1.29 bits per heavy atom. The molecule has 0 heterocycles. The molecule has 4 rings (SSSR count). The van der Waals surface area contributed by atoms with E-state index in [-0.39, 0.29) is 50.4 Å². The predicted octanol–water partition coefficient (Wildman–Crippen LogP) is 6.39. The minimum absolute atomic E-state index is 0. The third kappa shape index (κ3) is 10.4. The largest absolute Gasteiger partial charge is 2.00 e. The third-order valence-electron chi connectivity index (χ3n) is 4.98. The molecular formula is C28H22Cl4FeN4O4+4. The Morgan fingerprint density at radius 1 is 0.610 bits per heavy atom. The average Bonchev–Trinajstić information content (AvgIpc) is 2.95. The maximum atomic E-state index is 11.7. The first kappa shape index (κ1) is 33.6. The Kier molecular flexibility index (Phi) is 13.7. The number of carbonyl (C=O) groups excluding carboxylic acids is 2. The Hall–Kier alpha value is -3.56. The van der Waals surface area contributed by atoms with E-state index in [1.165, 1.54) is 24.6 Å². The molecule has 6 N–H and O–H groups in total. The second kappa shape index (κ2) is 16.6. The van der Waals surface area contributed by atoms with Crippen molar-refractivity contribution in [1.29, 1.82) is 0 Å². The Bertz CT molecular complexity index is 1440. The summed E-state index contributed by atoms with van der Waals surface area (Å²) < 4.78 is 0. The first-order valence-corrected chi connectivity index (χ1v) is 12.8. The molecular weight excluding hydrogens is 654 g/mol. The third-order valence-corrected chi connectivity index (χ3v) is 6.02. The van der Waals surface area contributed by atoms with E-state index in [1.807, 2.05) is 12.1 Å². The van der Waals surface area contributed by atoms with E-state index in [0.29, 0.717) is 32.3 Å². The number of benzene rings is 4. The van der Waals surface area contributed by atoms with Crippen LogP contribution in [-0.2, 0) is 17.1 Å². The van der Waals surface area contributed by atoms with Crippen LogP contribution >= 0.6 is 46.4 Å². The molecule has 8 nitrogen and oxygen atoms in total. The summed E-state index contributed by atoms with van der Waals surface area (Å²) >= 11 is 23.4. The van der Waals surface area contributed by atoms with E-state index in [0.717, 1.165) is 0 Å². The summed E-state index contributed by atoms with van der Waals surface area (Å²) in [6, 6.07) is 23.4. The number of amides is 2. The van der Waals surface area contributed by atoms with Crippen LogP contribution in [0.1, 0.15) is 31.8 Å². The van der Waals surface area contributed by atoms with Crippen molar-refractivity contribution in [3.05, 3.63) is 127 Å². The van der Waals surface area contributed by atoms with Crippen LogP contribution in [0, 0.1) is 0 Å². The van der Waals surface area contributed by atoms with Crippen molar-refractivity contribution in [2.75, 3.05) is 0 Å². The Labute approximate surface area is 266 Å². The summed E-state index contributed by atoms with van der Waals surface area (Å²) in [7, 11) is 0. The molecule has 0 unspecified atom stereocenters. The van der Waals surface area contributed by atoms with E-state index in [9.17, 15) is 9.59 Å². The molecule has 4 aromatic rings. The van der Waals surface area contributed by atoms with Crippen molar-refractivity contribution in [3.63, 3.8) is 0 Å². The summed E-state index contributed by atoms with van der Waals surface area (Å²) in [4.78, 5) is 23.5.